The van der Waals surface area contributed by atoms with E-state index in [1.807, 2.05) is 11.9 Å². The molecule has 2 heterocycles. The number of nitrogens with one attached hydrogen (secondary N) is 1. The molecule has 1 N–H and O–H groups in total. The lowest BCUT2D eigenvalue weighted by Gasteiger charge is -2.29. The number of thiophene rings is 1. The molecule has 3 nitrogen and oxygen atoms in total. The highest BCUT2D eigenvalue weighted by Gasteiger charge is 2.23. The Morgan fingerprint density at radius 2 is 2.38 bits per heavy atom. The number of rotatable bonds is 5. The Hall–Kier alpha value is -0.100. The van der Waals surface area contributed by atoms with Crippen LogP contribution in [0.15, 0.2) is 15.9 Å². The van der Waals surface area contributed by atoms with Crippen molar-refractivity contribution in [1.82, 2.24) is 10.2 Å². The largest absolute Gasteiger partial charge is 0.341 e. The Morgan fingerprint density at radius 1 is 1.62 bits per heavy atom. The van der Waals surface area contributed by atoms with Crippen molar-refractivity contribution in [2.24, 2.45) is 11.8 Å². The van der Waals surface area contributed by atoms with Crippen LogP contribution in [0.3, 0.4) is 0 Å². The predicted octanol–water partition coefficient (Wildman–Crippen LogP) is 3.92. The zero-order valence-electron chi connectivity index (χ0n) is 12.6. The maximum Gasteiger partial charge on any atom is 0.222 e. The van der Waals surface area contributed by atoms with Crippen molar-refractivity contribution in [3.8, 4) is 0 Å². The minimum atomic E-state index is 0. The fraction of sp³-hybridized carbons (Fsp3) is 0.667. The molecule has 2 rings (SSSR count). The first kappa shape index (κ1) is 18.9. The average molecular weight is 396 g/mol. The Kier molecular flexibility index (Phi) is 8.24. The van der Waals surface area contributed by atoms with Crippen LogP contribution in [0, 0.1) is 11.8 Å². The molecular weight excluding hydrogens is 372 g/mol. The van der Waals surface area contributed by atoms with Crippen molar-refractivity contribution >= 4 is 45.6 Å². The van der Waals surface area contributed by atoms with Gasteiger partial charge in [0.25, 0.3) is 0 Å². The van der Waals surface area contributed by atoms with Gasteiger partial charge in [0.15, 0.2) is 0 Å². The molecule has 2 unspecified atom stereocenters. The number of piperidine rings is 1. The van der Waals surface area contributed by atoms with Gasteiger partial charge in [-0.25, -0.2) is 0 Å². The zero-order valence-corrected chi connectivity index (χ0v) is 15.8. The number of halogens is 2. The van der Waals surface area contributed by atoms with Gasteiger partial charge >= 0.3 is 0 Å². The smallest absolute Gasteiger partial charge is 0.222 e. The number of carbonyl (C=O) groups is 1. The van der Waals surface area contributed by atoms with Crippen molar-refractivity contribution in [2.75, 3.05) is 20.1 Å². The molecule has 1 aromatic rings. The van der Waals surface area contributed by atoms with Crippen LogP contribution in [0.4, 0.5) is 0 Å². The number of carbonyl (C=O) groups excluding carboxylic acids is 1. The van der Waals surface area contributed by atoms with E-state index in [1.54, 1.807) is 11.3 Å². The fourth-order valence-electron chi connectivity index (χ4n) is 2.72. The van der Waals surface area contributed by atoms with E-state index in [0.29, 0.717) is 24.8 Å². The highest BCUT2D eigenvalue weighted by atomic mass is 79.9. The maximum atomic E-state index is 12.3. The number of hydrogen-bond donors (Lipinski definition) is 1. The van der Waals surface area contributed by atoms with Crippen LogP contribution in [0.25, 0.3) is 0 Å². The van der Waals surface area contributed by atoms with Crippen molar-refractivity contribution < 1.29 is 4.79 Å². The van der Waals surface area contributed by atoms with Gasteiger partial charge in [-0.1, -0.05) is 6.92 Å². The molecule has 1 saturated heterocycles. The van der Waals surface area contributed by atoms with Crippen LogP contribution >= 0.6 is 39.7 Å². The summed E-state index contributed by atoms with van der Waals surface area (Å²) in [7, 11) is 1.90. The van der Waals surface area contributed by atoms with Gasteiger partial charge in [-0.2, -0.15) is 0 Å². The summed E-state index contributed by atoms with van der Waals surface area (Å²) in [5, 5.41) is 5.49. The normalized spacial score (nSPS) is 19.7. The van der Waals surface area contributed by atoms with Gasteiger partial charge in [-0.15, -0.1) is 23.7 Å². The lowest BCUT2D eigenvalue weighted by atomic mass is 9.85. The Bertz CT molecular complexity index is 449. The molecule has 1 fully saturated rings. The van der Waals surface area contributed by atoms with E-state index in [4.69, 9.17) is 0 Å². The molecule has 1 aliphatic heterocycles. The molecule has 0 aliphatic carbocycles. The predicted molar refractivity (Wildman–Crippen MR) is 95.1 cm³/mol. The summed E-state index contributed by atoms with van der Waals surface area (Å²) in [4.78, 5) is 15.4. The molecule has 0 radical (unpaired) electrons. The van der Waals surface area contributed by atoms with Crippen molar-refractivity contribution in [1.29, 1.82) is 0 Å². The van der Waals surface area contributed by atoms with Gasteiger partial charge < -0.3 is 10.2 Å². The topological polar surface area (TPSA) is 32.3 Å². The standard InChI is InChI=1S/C15H23BrN2OS.ClH/c1-11(12-4-3-5-17-8-12)6-15(19)18(2)9-14-7-13(16)10-20-14;/h7,10-12,17H,3-6,8-9H2,1-2H3;1H. The summed E-state index contributed by atoms with van der Waals surface area (Å²) in [6.45, 7) is 5.12. The van der Waals surface area contributed by atoms with Crippen molar-refractivity contribution in [2.45, 2.75) is 32.7 Å². The third-order valence-electron chi connectivity index (χ3n) is 4.08. The third kappa shape index (κ3) is 5.89. The van der Waals surface area contributed by atoms with Gasteiger partial charge in [0, 0.05) is 28.2 Å². The lowest BCUT2D eigenvalue weighted by Crippen LogP contribution is -2.36. The summed E-state index contributed by atoms with van der Waals surface area (Å²) in [5.74, 6) is 1.37. The Morgan fingerprint density at radius 3 is 2.95 bits per heavy atom. The van der Waals surface area contributed by atoms with Gasteiger partial charge in [-0.3, -0.25) is 4.79 Å². The second-order valence-electron chi connectivity index (χ2n) is 5.77. The van der Waals surface area contributed by atoms with E-state index in [9.17, 15) is 4.79 Å². The van der Waals surface area contributed by atoms with E-state index >= 15 is 0 Å². The van der Waals surface area contributed by atoms with Crippen LogP contribution in [-0.4, -0.2) is 30.9 Å². The Labute approximate surface area is 146 Å². The van der Waals surface area contributed by atoms with Crippen LogP contribution in [0.5, 0.6) is 0 Å². The minimum Gasteiger partial charge on any atom is -0.341 e. The van der Waals surface area contributed by atoms with E-state index in [0.717, 1.165) is 17.6 Å². The summed E-state index contributed by atoms with van der Waals surface area (Å²) in [6.07, 6.45) is 3.15. The molecule has 21 heavy (non-hydrogen) atoms. The van der Waals surface area contributed by atoms with Crippen LogP contribution in [0.1, 0.15) is 31.1 Å². The number of hydrogen-bond acceptors (Lipinski definition) is 3. The second-order valence-corrected chi connectivity index (χ2v) is 7.68. The monoisotopic (exact) mass is 394 g/mol. The van der Waals surface area contributed by atoms with Crippen molar-refractivity contribution in [3.05, 3.63) is 20.8 Å². The SMILES string of the molecule is CC(CC(=O)N(C)Cc1cc(Br)cs1)C1CCCNC1.Cl. The summed E-state index contributed by atoms with van der Waals surface area (Å²) >= 11 is 5.14. The van der Waals surface area contributed by atoms with Gasteiger partial charge in [0.05, 0.1) is 6.54 Å². The summed E-state index contributed by atoms with van der Waals surface area (Å²) in [5.41, 5.74) is 0. The molecule has 0 spiro atoms. The van der Waals surface area contributed by atoms with Crippen LogP contribution in [0.2, 0.25) is 0 Å². The molecule has 1 aliphatic rings. The maximum absolute atomic E-state index is 12.3. The molecule has 120 valence electrons. The van der Waals surface area contributed by atoms with E-state index < -0.39 is 0 Å². The first-order chi connectivity index (χ1) is 9.56. The van der Waals surface area contributed by atoms with Gasteiger partial charge in [-0.05, 0) is 59.8 Å². The van der Waals surface area contributed by atoms with Crippen molar-refractivity contribution in [3.63, 3.8) is 0 Å². The molecular formula is C15H24BrClN2OS. The van der Waals surface area contributed by atoms with Crippen LogP contribution < -0.4 is 5.32 Å². The molecule has 0 saturated carbocycles. The van der Waals surface area contributed by atoms with E-state index in [-0.39, 0.29) is 18.3 Å². The van der Waals surface area contributed by atoms with Gasteiger partial charge in [0.1, 0.15) is 0 Å². The highest BCUT2D eigenvalue weighted by Crippen LogP contribution is 2.24. The molecule has 1 amide bonds. The second kappa shape index (κ2) is 9.13. The molecule has 6 heteroatoms. The quantitative estimate of drug-likeness (QED) is 0.819. The van der Waals surface area contributed by atoms with E-state index in [1.165, 1.54) is 17.7 Å². The molecule has 0 bridgehead atoms. The molecule has 0 aromatic carbocycles. The minimum absolute atomic E-state index is 0. The summed E-state index contributed by atoms with van der Waals surface area (Å²) in [6, 6.07) is 2.09. The third-order valence-corrected chi connectivity index (χ3v) is 5.76. The lowest BCUT2D eigenvalue weighted by molar-refractivity contribution is -0.131. The summed E-state index contributed by atoms with van der Waals surface area (Å²) < 4.78 is 1.10. The fourth-order valence-corrected chi connectivity index (χ4v) is 4.22. The van der Waals surface area contributed by atoms with Crippen LogP contribution in [-0.2, 0) is 11.3 Å². The molecule has 2 atom stereocenters. The van der Waals surface area contributed by atoms with Gasteiger partial charge in [0.2, 0.25) is 5.91 Å². The zero-order chi connectivity index (χ0) is 14.5. The average Bonchev–Trinajstić information content (AvgIpc) is 2.85. The first-order valence-electron chi connectivity index (χ1n) is 7.24. The molecule has 1 aromatic heterocycles. The van der Waals surface area contributed by atoms with E-state index in [2.05, 4.69) is 39.6 Å². The Balaban J connectivity index is 0.00000220. The highest BCUT2D eigenvalue weighted by molar-refractivity contribution is 9.10. The number of nitrogens with zero attached hydrogens (tertiary/aromatic N) is 1. The first-order valence-corrected chi connectivity index (χ1v) is 8.91. The number of amides is 1.